The van der Waals surface area contributed by atoms with Crippen molar-refractivity contribution in [2.45, 2.75) is 25.7 Å². The van der Waals surface area contributed by atoms with Gasteiger partial charge in [0.15, 0.2) is 0 Å². The van der Waals surface area contributed by atoms with E-state index in [0.717, 1.165) is 6.42 Å². The number of nitrogens with one attached hydrogen (secondary N) is 1. The van der Waals surface area contributed by atoms with Crippen LogP contribution in [0.25, 0.3) is 0 Å². The Hall–Kier alpha value is -3.40. The van der Waals surface area contributed by atoms with E-state index in [0.29, 0.717) is 11.3 Å². The van der Waals surface area contributed by atoms with E-state index in [-0.39, 0.29) is 17.2 Å². The quantitative estimate of drug-likeness (QED) is 0.612. The van der Waals surface area contributed by atoms with Crippen LogP contribution in [0.15, 0.2) is 72.8 Å². The van der Waals surface area contributed by atoms with Crippen molar-refractivity contribution in [3.8, 4) is 0 Å². The average Bonchev–Trinajstić information content (AvgIpc) is 3.51. The zero-order chi connectivity index (χ0) is 21.3. The predicted molar refractivity (Wildman–Crippen MR) is 118 cm³/mol. The van der Waals surface area contributed by atoms with Gasteiger partial charge in [0.2, 0.25) is 5.91 Å². The maximum Gasteiger partial charge on any atom is 0.337 e. The van der Waals surface area contributed by atoms with Crippen LogP contribution in [0, 0.1) is 19.8 Å². The number of anilines is 1. The molecule has 0 aliphatic heterocycles. The molecule has 1 saturated carbocycles. The van der Waals surface area contributed by atoms with Crippen LogP contribution in [-0.2, 0) is 14.9 Å². The molecule has 0 bridgehead atoms. The van der Waals surface area contributed by atoms with Gasteiger partial charge in [0.1, 0.15) is 0 Å². The van der Waals surface area contributed by atoms with Gasteiger partial charge in [0.25, 0.3) is 0 Å². The molecule has 0 radical (unpaired) electrons. The van der Waals surface area contributed by atoms with Crippen molar-refractivity contribution in [1.82, 2.24) is 0 Å². The molecule has 0 aromatic heterocycles. The highest BCUT2D eigenvalue weighted by atomic mass is 16.5. The number of hydrogen-bond donors (Lipinski definition) is 1. The van der Waals surface area contributed by atoms with Crippen LogP contribution < -0.4 is 5.32 Å². The lowest BCUT2D eigenvalue weighted by molar-refractivity contribution is -0.117. The molecule has 0 saturated heterocycles. The lowest BCUT2D eigenvalue weighted by atomic mass is 9.84. The molecule has 1 atom stereocenters. The lowest BCUT2D eigenvalue weighted by Crippen LogP contribution is -2.22. The number of rotatable bonds is 5. The maximum absolute atomic E-state index is 13.2. The second kappa shape index (κ2) is 7.79. The molecule has 4 heteroatoms. The number of aryl methyl sites for hydroxylation is 2. The molecule has 0 heterocycles. The second-order valence-electron chi connectivity index (χ2n) is 8.03. The van der Waals surface area contributed by atoms with Crippen LogP contribution in [0.1, 0.15) is 39.0 Å². The first kappa shape index (κ1) is 19.9. The molecule has 1 amide bonds. The number of benzene rings is 3. The molecule has 4 nitrogen and oxygen atoms in total. The molecule has 1 N–H and O–H groups in total. The van der Waals surface area contributed by atoms with Crippen molar-refractivity contribution in [3.63, 3.8) is 0 Å². The van der Waals surface area contributed by atoms with E-state index in [9.17, 15) is 9.59 Å². The zero-order valence-corrected chi connectivity index (χ0v) is 17.4. The normalized spacial score (nSPS) is 16.6. The Labute approximate surface area is 176 Å². The number of carbonyl (C=O) groups excluding carboxylic acids is 2. The first-order chi connectivity index (χ1) is 14.4. The highest BCUT2D eigenvalue weighted by Crippen LogP contribution is 2.59. The summed E-state index contributed by atoms with van der Waals surface area (Å²) in [4.78, 5) is 24.8. The van der Waals surface area contributed by atoms with Gasteiger partial charge in [-0.25, -0.2) is 4.79 Å². The molecule has 1 aliphatic carbocycles. The van der Waals surface area contributed by atoms with E-state index in [4.69, 9.17) is 4.74 Å². The summed E-state index contributed by atoms with van der Waals surface area (Å²) >= 11 is 0. The fraction of sp³-hybridized carbons (Fsp3) is 0.231. The molecule has 4 rings (SSSR count). The Morgan fingerprint density at radius 3 is 1.97 bits per heavy atom. The van der Waals surface area contributed by atoms with Gasteiger partial charge in [-0.15, -0.1) is 0 Å². The van der Waals surface area contributed by atoms with E-state index < -0.39 is 5.97 Å². The van der Waals surface area contributed by atoms with Gasteiger partial charge in [-0.3, -0.25) is 4.79 Å². The minimum Gasteiger partial charge on any atom is -0.465 e. The Kier molecular flexibility index (Phi) is 5.17. The number of amides is 1. The van der Waals surface area contributed by atoms with Crippen molar-refractivity contribution in [2.75, 3.05) is 12.4 Å². The van der Waals surface area contributed by atoms with Gasteiger partial charge in [-0.05, 0) is 55.7 Å². The van der Waals surface area contributed by atoms with Crippen molar-refractivity contribution < 1.29 is 14.3 Å². The molecular formula is C26H25NO3. The van der Waals surface area contributed by atoms with Crippen molar-refractivity contribution in [1.29, 1.82) is 0 Å². The number of ether oxygens (including phenoxy) is 1. The second-order valence-corrected chi connectivity index (χ2v) is 8.03. The van der Waals surface area contributed by atoms with Crippen LogP contribution in [0.5, 0.6) is 0 Å². The van der Waals surface area contributed by atoms with Crippen LogP contribution in [0.4, 0.5) is 5.69 Å². The average molecular weight is 399 g/mol. The van der Waals surface area contributed by atoms with Crippen molar-refractivity contribution in [3.05, 3.63) is 101 Å². The van der Waals surface area contributed by atoms with Crippen LogP contribution in [0.3, 0.4) is 0 Å². The minimum absolute atomic E-state index is 0.0103. The molecule has 3 aromatic carbocycles. The Morgan fingerprint density at radius 2 is 1.47 bits per heavy atom. The fourth-order valence-corrected chi connectivity index (χ4v) is 4.27. The molecular weight excluding hydrogens is 374 g/mol. The molecule has 1 aliphatic rings. The number of esters is 1. The number of methoxy groups -OCH3 is 1. The summed E-state index contributed by atoms with van der Waals surface area (Å²) in [5.74, 6) is -0.557. The molecule has 0 spiro atoms. The molecule has 152 valence electrons. The van der Waals surface area contributed by atoms with Gasteiger partial charge in [-0.2, -0.15) is 0 Å². The van der Waals surface area contributed by atoms with Crippen LogP contribution in [-0.4, -0.2) is 19.0 Å². The predicted octanol–water partition coefficient (Wildman–Crippen LogP) is 5.03. The van der Waals surface area contributed by atoms with Crippen molar-refractivity contribution in [2.24, 2.45) is 5.92 Å². The third kappa shape index (κ3) is 3.61. The SMILES string of the molecule is COC(=O)c1ccc(NC(=O)[C@H]2CC2(c2cccc(C)c2)c2cccc(C)c2)cc1. The highest BCUT2D eigenvalue weighted by Gasteiger charge is 2.60. The van der Waals surface area contributed by atoms with Crippen molar-refractivity contribution >= 4 is 17.6 Å². The van der Waals surface area contributed by atoms with E-state index in [1.54, 1.807) is 24.3 Å². The summed E-state index contributed by atoms with van der Waals surface area (Å²) in [6, 6.07) is 23.6. The fourth-order valence-electron chi connectivity index (χ4n) is 4.27. The van der Waals surface area contributed by atoms with Gasteiger partial charge in [0, 0.05) is 11.1 Å². The Morgan fingerprint density at radius 1 is 0.900 bits per heavy atom. The highest BCUT2D eigenvalue weighted by molar-refractivity contribution is 5.97. The lowest BCUT2D eigenvalue weighted by Gasteiger charge is -2.20. The van der Waals surface area contributed by atoms with Crippen LogP contribution >= 0.6 is 0 Å². The smallest absolute Gasteiger partial charge is 0.337 e. The molecule has 0 unspecified atom stereocenters. The maximum atomic E-state index is 13.2. The van der Waals surface area contributed by atoms with Crippen LogP contribution in [0.2, 0.25) is 0 Å². The van der Waals surface area contributed by atoms with E-state index in [1.807, 2.05) is 0 Å². The Bertz CT molecular complexity index is 1060. The third-order valence-corrected chi connectivity index (χ3v) is 5.92. The summed E-state index contributed by atoms with van der Waals surface area (Å²) in [5.41, 5.74) is 5.53. The summed E-state index contributed by atoms with van der Waals surface area (Å²) < 4.78 is 4.72. The van der Waals surface area contributed by atoms with E-state index in [2.05, 4.69) is 67.7 Å². The van der Waals surface area contributed by atoms with E-state index >= 15 is 0 Å². The largest absolute Gasteiger partial charge is 0.465 e. The molecule has 1 fully saturated rings. The number of hydrogen-bond acceptors (Lipinski definition) is 3. The monoisotopic (exact) mass is 399 g/mol. The summed E-state index contributed by atoms with van der Waals surface area (Å²) in [7, 11) is 1.35. The summed E-state index contributed by atoms with van der Waals surface area (Å²) in [6.07, 6.45) is 0.770. The standard InChI is InChI=1S/C26H25NO3/c1-17-6-4-8-20(14-17)26(21-9-5-7-18(2)15-21)16-23(26)24(28)27-22-12-10-19(11-13-22)25(29)30-3/h4-15,23H,16H2,1-3H3,(H,27,28)/t23-/m1/s1. The molecule has 3 aromatic rings. The summed E-state index contributed by atoms with van der Waals surface area (Å²) in [5, 5.41) is 3.02. The third-order valence-electron chi connectivity index (χ3n) is 5.92. The zero-order valence-electron chi connectivity index (χ0n) is 17.4. The number of carbonyl (C=O) groups is 2. The minimum atomic E-state index is -0.395. The van der Waals surface area contributed by atoms with Gasteiger partial charge in [0.05, 0.1) is 18.6 Å². The van der Waals surface area contributed by atoms with E-state index in [1.165, 1.54) is 29.4 Å². The summed E-state index contributed by atoms with van der Waals surface area (Å²) in [6.45, 7) is 4.15. The Balaban J connectivity index is 1.62. The first-order valence-corrected chi connectivity index (χ1v) is 10.1. The molecule has 30 heavy (non-hydrogen) atoms. The van der Waals surface area contributed by atoms with Gasteiger partial charge in [-0.1, -0.05) is 59.7 Å². The van der Waals surface area contributed by atoms with Gasteiger partial charge < -0.3 is 10.1 Å². The first-order valence-electron chi connectivity index (χ1n) is 10.1. The van der Waals surface area contributed by atoms with Gasteiger partial charge >= 0.3 is 5.97 Å². The topological polar surface area (TPSA) is 55.4 Å².